The van der Waals surface area contributed by atoms with Crippen molar-refractivity contribution >= 4 is 22.9 Å². The molecule has 0 aromatic heterocycles. The standard InChI is InChI=1S/C13H18N2OS/c1-9-4-5-12(11(7-9)13(14)17)15-8-10-3-2-6-16-10/h4-5,7,10,15H,2-3,6,8H2,1H3,(H2,14,17). The van der Waals surface area contributed by atoms with Crippen molar-refractivity contribution in [2.24, 2.45) is 5.73 Å². The van der Waals surface area contributed by atoms with Crippen LogP contribution in [0, 0.1) is 6.92 Å². The summed E-state index contributed by atoms with van der Waals surface area (Å²) in [6, 6.07) is 6.10. The first-order chi connectivity index (χ1) is 8.16. The first kappa shape index (κ1) is 12.3. The lowest BCUT2D eigenvalue weighted by Crippen LogP contribution is -2.21. The molecule has 1 atom stereocenters. The molecule has 1 fully saturated rings. The Morgan fingerprint density at radius 1 is 1.59 bits per heavy atom. The van der Waals surface area contributed by atoms with E-state index < -0.39 is 0 Å². The fourth-order valence-corrected chi connectivity index (χ4v) is 2.21. The van der Waals surface area contributed by atoms with E-state index in [0.717, 1.165) is 42.8 Å². The Morgan fingerprint density at radius 3 is 3.06 bits per heavy atom. The second-order valence-electron chi connectivity index (χ2n) is 4.43. The summed E-state index contributed by atoms with van der Waals surface area (Å²) in [5, 5.41) is 3.37. The monoisotopic (exact) mass is 250 g/mol. The lowest BCUT2D eigenvalue weighted by Gasteiger charge is -2.15. The van der Waals surface area contributed by atoms with E-state index in [1.807, 2.05) is 19.1 Å². The van der Waals surface area contributed by atoms with Gasteiger partial charge in [0.05, 0.1) is 6.10 Å². The van der Waals surface area contributed by atoms with E-state index in [-0.39, 0.29) is 0 Å². The minimum absolute atomic E-state index is 0.315. The lowest BCUT2D eigenvalue weighted by atomic mass is 10.1. The summed E-state index contributed by atoms with van der Waals surface area (Å²) >= 11 is 5.06. The number of hydrogen-bond acceptors (Lipinski definition) is 3. The van der Waals surface area contributed by atoms with Gasteiger partial charge in [-0.1, -0.05) is 23.8 Å². The fourth-order valence-electron chi connectivity index (χ4n) is 2.05. The van der Waals surface area contributed by atoms with E-state index in [2.05, 4.69) is 11.4 Å². The van der Waals surface area contributed by atoms with E-state index in [1.165, 1.54) is 0 Å². The predicted octanol–water partition coefficient (Wildman–Crippen LogP) is 2.22. The van der Waals surface area contributed by atoms with Crippen LogP contribution in [0.15, 0.2) is 18.2 Å². The van der Waals surface area contributed by atoms with Crippen molar-refractivity contribution in [1.29, 1.82) is 0 Å². The van der Waals surface area contributed by atoms with E-state index in [9.17, 15) is 0 Å². The van der Waals surface area contributed by atoms with E-state index in [0.29, 0.717) is 11.1 Å². The number of rotatable bonds is 4. The van der Waals surface area contributed by atoms with Crippen LogP contribution in [0.1, 0.15) is 24.0 Å². The molecular weight excluding hydrogens is 232 g/mol. The zero-order valence-corrected chi connectivity index (χ0v) is 10.8. The van der Waals surface area contributed by atoms with Gasteiger partial charge < -0.3 is 15.8 Å². The number of aryl methyl sites for hydroxylation is 1. The largest absolute Gasteiger partial charge is 0.389 e. The van der Waals surface area contributed by atoms with Crippen LogP contribution in [0.5, 0.6) is 0 Å². The molecule has 92 valence electrons. The minimum atomic E-state index is 0.315. The van der Waals surface area contributed by atoms with Gasteiger partial charge in [-0.2, -0.15) is 0 Å². The van der Waals surface area contributed by atoms with Crippen LogP contribution in [0.25, 0.3) is 0 Å². The van der Waals surface area contributed by atoms with Crippen LogP contribution in [-0.4, -0.2) is 24.2 Å². The average molecular weight is 250 g/mol. The summed E-state index contributed by atoms with van der Waals surface area (Å²) in [6.45, 7) is 3.73. The van der Waals surface area contributed by atoms with Gasteiger partial charge in [0.2, 0.25) is 0 Å². The zero-order valence-electron chi connectivity index (χ0n) is 10.0. The van der Waals surface area contributed by atoms with E-state index in [1.54, 1.807) is 0 Å². The molecule has 0 saturated carbocycles. The summed E-state index contributed by atoms with van der Waals surface area (Å²) in [4.78, 5) is 0.434. The summed E-state index contributed by atoms with van der Waals surface area (Å²) < 4.78 is 5.57. The maximum Gasteiger partial charge on any atom is 0.106 e. The van der Waals surface area contributed by atoms with Gasteiger partial charge in [-0.15, -0.1) is 0 Å². The van der Waals surface area contributed by atoms with Crippen LogP contribution in [-0.2, 0) is 4.74 Å². The molecule has 2 rings (SSSR count). The van der Waals surface area contributed by atoms with Crippen molar-refractivity contribution in [2.45, 2.75) is 25.9 Å². The van der Waals surface area contributed by atoms with Crippen molar-refractivity contribution in [1.82, 2.24) is 0 Å². The van der Waals surface area contributed by atoms with Gasteiger partial charge in [0, 0.05) is 24.4 Å². The molecule has 3 N–H and O–H groups in total. The van der Waals surface area contributed by atoms with Crippen LogP contribution < -0.4 is 11.1 Å². The molecule has 0 spiro atoms. The van der Waals surface area contributed by atoms with Crippen molar-refractivity contribution in [2.75, 3.05) is 18.5 Å². The molecule has 0 bridgehead atoms. The first-order valence-electron chi connectivity index (χ1n) is 5.93. The maximum absolute atomic E-state index is 5.73. The maximum atomic E-state index is 5.73. The lowest BCUT2D eigenvalue weighted by molar-refractivity contribution is 0.120. The van der Waals surface area contributed by atoms with Crippen LogP contribution in [0.3, 0.4) is 0 Å². The van der Waals surface area contributed by atoms with Crippen molar-refractivity contribution in [3.05, 3.63) is 29.3 Å². The number of nitrogens with one attached hydrogen (secondary N) is 1. The Labute approximate surface area is 107 Å². The highest BCUT2D eigenvalue weighted by Crippen LogP contribution is 2.19. The quantitative estimate of drug-likeness (QED) is 0.804. The van der Waals surface area contributed by atoms with Crippen LogP contribution in [0.2, 0.25) is 0 Å². The number of ether oxygens (including phenoxy) is 1. The summed E-state index contributed by atoms with van der Waals surface area (Å²) in [7, 11) is 0. The molecule has 1 aliphatic heterocycles. The van der Waals surface area contributed by atoms with Crippen LogP contribution in [0.4, 0.5) is 5.69 Å². The molecule has 4 heteroatoms. The Hall–Kier alpha value is -1.13. The van der Waals surface area contributed by atoms with Gasteiger partial charge in [0.15, 0.2) is 0 Å². The third kappa shape index (κ3) is 3.17. The van der Waals surface area contributed by atoms with Crippen molar-refractivity contribution in [3.8, 4) is 0 Å². The van der Waals surface area contributed by atoms with Crippen LogP contribution >= 0.6 is 12.2 Å². The normalized spacial score (nSPS) is 19.2. The van der Waals surface area contributed by atoms with Gasteiger partial charge in [0.25, 0.3) is 0 Å². The van der Waals surface area contributed by atoms with Gasteiger partial charge in [-0.3, -0.25) is 0 Å². The minimum Gasteiger partial charge on any atom is -0.389 e. The molecule has 0 radical (unpaired) electrons. The Bertz CT molecular complexity index is 414. The van der Waals surface area contributed by atoms with E-state index >= 15 is 0 Å². The van der Waals surface area contributed by atoms with Crippen molar-refractivity contribution in [3.63, 3.8) is 0 Å². The molecule has 1 unspecified atom stereocenters. The molecule has 1 aromatic carbocycles. The number of benzene rings is 1. The molecule has 3 nitrogen and oxygen atoms in total. The second kappa shape index (κ2) is 5.47. The first-order valence-corrected chi connectivity index (χ1v) is 6.33. The Balaban J connectivity index is 2.06. The highest BCUT2D eigenvalue weighted by Gasteiger charge is 2.15. The molecule has 1 aromatic rings. The number of anilines is 1. The van der Waals surface area contributed by atoms with Gasteiger partial charge in [-0.05, 0) is 31.9 Å². The summed E-state index contributed by atoms with van der Waals surface area (Å²) in [5.41, 5.74) is 8.80. The van der Waals surface area contributed by atoms with E-state index in [4.69, 9.17) is 22.7 Å². The second-order valence-corrected chi connectivity index (χ2v) is 4.87. The molecule has 0 amide bonds. The summed E-state index contributed by atoms with van der Waals surface area (Å²) in [5.74, 6) is 0. The number of nitrogens with two attached hydrogens (primary N) is 1. The zero-order chi connectivity index (χ0) is 12.3. The van der Waals surface area contributed by atoms with Gasteiger partial charge in [0.1, 0.15) is 4.99 Å². The molecule has 1 heterocycles. The number of hydrogen-bond donors (Lipinski definition) is 2. The highest BCUT2D eigenvalue weighted by atomic mass is 32.1. The molecule has 1 aliphatic rings. The average Bonchev–Trinajstić information content (AvgIpc) is 2.80. The summed E-state index contributed by atoms with van der Waals surface area (Å²) in [6.07, 6.45) is 2.60. The Morgan fingerprint density at radius 2 is 2.41 bits per heavy atom. The topological polar surface area (TPSA) is 47.3 Å². The third-order valence-electron chi connectivity index (χ3n) is 2.98. The molecule has 0 aliphatic carbocycles. The third-order valence-corrected chi connectivity index (χ3v) is 3.20. The number of thiocarbonyl (C=S) groups is 1. The highest BCUT2D eigenvalue weighted by molar-refractivity contribution is 7.80. The SMILES string of the molecule is Cc1ccc(NCC2CCCO2)c(C(N)=S)c1. The van der Waals surface area contributed by atoms with Gasteiger partial charge >= 0.3 is 0 Å². The molecule has 17 heavy (non-hydrogen) atoms. The predicted molar refractivity (Wildman–Crippen MR) is 74.5 cm³/mol. The Kier molecular flexibility index (Phi) is 3.97. The molecular formula is C13H18N2OS. The van der Waals surface area contributed by atoms with Gasteiger partial charge in [-0.25, -0.2) is 0 Å². The van der Waals surface area contributed by atoms with Crippen molar-refractivity contribution < 1.29 is 4.74 Å². The fraction of sp³-hybridized carbons (Fsp3) is 0.462. The smallest absolute Gasteiger partial charge is 0.106 e. The molecule has 1 saturated heterocycles.